The topological polar surface area (TPSA) is 83.5 Å². The zero-order chi connectivity index (χ0) is 20.1. The van der Waals surface area contributed by atoms with E-state index in [1.807, 2.05) is 29.2 Å². The molecule has 0 saturated carbocycles. The minimum absolute atomic E-state index is 0.0101. The first kappa shape index (κ1) is 18.7. The molecule has 1 N–H and O–H groups in total. The number of carbonyl (C=O) groups is 1. The van der Waals surface area contributed by atoms with Crippen molar-refractivity contribution in [2.45, 2.75) is 0 Å². The summed E-state index contributed by atoms with van der Waals surface area (Å²) in [5.41, 5.74) is 1.39. The molecule has 3 aromatic rings. The molecule has 1 aromatic carbocycles. The third-order valence-electron chi connectivity index (χ3n) is 4.78. The summed E-state index contributed by atoms with van der Waals surface area (Å²) in [5.74, 6) is 2.00. The maximum atomic E-state index is 13.0. The molecule has 0 spiro atoms. The van der Waals surface area contributed by atoms with Crippen molar-refractivity contribution in [2.24, 2.45) is 0 Å². The van der Waals surface area contributed by atoms with Crippen molar-refractivity contribution in [2.75, 3.05) is 43.5 Å². The van der Waals surface area contributed by atoms with Crippen molar-refractivity contribution in [3.05, 3.63) is 66.6 Å². The number of ether oxygens (including phenoxy) is 1. The lowest BCUT2D eigenvalue weighted by atomic mass is 10.2. The highest BCUT2D eigenvalue weighted by atomic mass is 16.5. The summed E-state index contributed by atoms with van der Waals surface area (Å²) in [6.45, 7) is 2.64. The number of hydrogen-bond acceptors (Lipinski definition) is 7. The van der Waals surface area contributed by atoms with E-state index < -0.39 is 0 Å². The summed E-state index contributed by atoms with van der Waals surface area (Å²) in [6, 6.07) is 12.9. The maximum absolute atomic E-state index is 13.0. The fraction of sp³-hybridized carbons (Fsp3) is 0.238. The lowest BCUT2D eigenvalue weighted by Crippen LogP contribution is -2.49. The van der Waals surface area contributed by atoms with E-state index in [-0.39, 0.29) is 5.91 Å². The highest BCUT2D eigenvalue weighted by molar-refractivity contribution is 5.95. The van der Waals surface area contributed by atoms with E-state index in [1.54, 1.807) is 43.9 Å². The molecule has 0 radical (unpaired) electrons. The SMILES string of the molecule is COc1ccccc1Nc1cc(C(=O)N2CCN(c3ncccn3)CC2)ccn1. The molecular formula is C21H22N6O2. The van der Waals surface area contributed by atoms with E-state index in [0.29, 0.717) is 49.3 Å². The number of aromatic nitrogens is 3. The first-order valence-corrected chi connectivity index (χ1v) is 9.42. The lowest BCUT2D eigenvalue weighted by Gasteiger charge is -2.34. The molecule has 1 saturated heterocycles. The highest BCUT2D eigenvalue weighted by Gasteiger charge is 2.23. The quantitative estimate of drug-likeness (QED) is 0.717. The first-order chi connectivity index (χ1) is 14.2. The van der Waals surface area contributed by atoms with Crippen LogP contribution >= 0.6 is 0 Å². The van der Waals surface area contributed by atoms with Gasteiger partial charge in [-0.1, -0.05) is 12.1 Å². The molecule has 0 atom stereocenters. The summed E-state index contributed by atoms with van der Waals surface area (Å²) >= 11 is 0. The van der Waals surface area contributed by atoms with Crippen molar-refractivity contribution >= 4 is 23.4 Å². The van der Waals surface area contributed by atoms with Crippen LogP contribution in [0.2, 0.25) is 0 Å². The molecule has 1 aliphatic rings. The van der Waals surface area contributed by atoms with Crippen LogP contribution in [0.4, 0.5) is 17.5 Å². The van der Waals surface area contributed by atoms with Crippen LogP contribution in [0.3, 0.4) is 0 Å². The van der Waals surface area contributed by atoms with Crippen molar-refractivity contribution in [3.8, 4) is 5.75 Å². The molecule has 3 heterocycles. The van der Waals surface area contributed by atoms with Gasteiger partial charge >= 0.3 is 0 Å². The number of pyridine rings is 1. The van der Waals surface area contributed by atoms with Gasteiger partial charge in [0.2, 0.25) is 5.95 Å². The van der Waals surface area contributed by atoms with E-state index in [2.05, 4.69) is 25.2 Å². The Morgan fingerprint density at radius 2 is 1.72 bits per heavy atom. The number of piperazine rings is 1. The molecule has 0 unspecified atom stereocenters. The Kier molecular flexibility index (Phi) is 5.51. The van der Waals surface area contributed by atoms with Gasteiger partial charge < -0.3 is 19.9 Å². The van der Waals surface area contributed by atoms with Gasteiger partial charge in [0.15, 0.2) is 0 Å². The number of hydrogen-bond donors (Lipinski definition) is 1. The Hall–Kier alpha value is -3.68. The number of anilines is 3. The van der Waals surface area contributed by atoms with E-state index in [0.717, 1.165) is 5.69 Å². The van der Waals surface area contributed by atoms with Crippen molar-refractivity contribution in [3.63, 3.8) is 0 Å². The maximum Gasteiger partial charge on any atom is 0.254 e. The molecule has 0 bridgehead atoms. The predicted molar refractivity (Wildman–Crippen MR) is 111 cm³/mol. The number of amides is 1. The first-order valence-electron chi connectivity index (χ1n) is 9.42. The Morgan fingerprint density at radius 3 is 2.48 bits per heavy atom. The van der Waals surface area contributed by atoms with Crippen LogP contribution in [0.1, 0.15) is 10.4 Å². The van der Waals surface area contributed by atoms with Gasteiger partial charge in [-0.3, -0.25) is 4.79 Å². The number of nitrogens with one attached hydrogen (secondary N) is 1. The summed E-state index contributed by atoms with van der Waals surface area (Å²) in [5, 5.41) is 3.22. The number of para-hydroxylation sites is 2. The van der Waals surface area contributed by atoms with Crippen molar-refractivity contribution in [1.29, 1.82) is 0 Å². The smallest absolute Gasteiger partial charge is 0.254 e. The minimum Gasteiger partial charge on any atom is -0.495 e. The van der Waals surface area contributed by atoms with E-state index >= 15 is 0 Å². The number of methoxy groups -OCH3 is 1. The molecule has 148 valence electrons. The van der Waals surface area contributed by atoms with Gasteiger partial charge in [-0.25, -0.2) is 15.0 Å². The van der Waals surface area contributed by atoms with Crippen LogP contribution in [0, 0.1) is 0 Å². The van der Waals surface area contributed by atoms with Gasteiger partial charge in [-0.15, -0.1) is 0 Å². The molecule has 2 aromatic heterocycles. The van der Waals surface area contributed by atoms with Gasteiger partial charge in [0.05, 0.1) is 12.8 Å². The minimum atomic E-state index is -0.0101. The van der Waals surface area contributed by atoms with E-state index in [4.69, 9.17) is 4.74 Å². The van der Waals surface area contributed by atoms with Gasteiger partial charge in [0.25, 0.3) is 5.91 Å². The monoisotopic (exact) mass is 390 g/mol. The van der Waals surface area contributed by atoms with E-state index in [1.165, 1.54) is 0 Å². The second kappa shape index (κ2) is 8.55. The van der Waals surface area contributed by atoms with Crippen LogP contribution in [-0.2, 0) is 0 Å². The zero-order valence-electron chi connectivity index (χ0n) is 16.2. The largest absolute Gasteiger partial charge is 0.495 e. The van der Waals surface area contributed by atoms with Crippen molar-refractivity contribution < 1.29 is 9.53 Å². The third-order valence-corrected chi connectivity index (χ3v) is 4.78. The second-order valence-electron chi connectivity index (χ2n) is 6.58. The van der Waals surface area contributed by atoms with Gasteiger partial charge in [0.1, 0.15) is 11.6 Å². The fourth-order valence-electron chi connectivity index (χ4n) is 3.26. The highest BCUT2D eigenvalue weighted by Crippen LogP contribution is 2.26. The normalized spacial score (nSPS) is 13.8. The summed E-state index contributed by atoms with van der Waals surface area (Å²) in [7, 11) is 1.62. The number of carbonyl (C=O) groups excluding carboxylic acids is 1. The van der Waals surface area contributed by atoms with Crippen LogP contribution in [0.25, 0.3) is 0 Å². The molecule has 8 heteroatoms. The summed E-state index contributed by atoms with van der Waals surface area (Å²) in [6.07, 6.45) is 5.10. The van der Waals surface area contributed by atoms with Crippen molar-refractivity contribution in [1.82, 2.24) is 19.9 Å². The average molecular weight is 390 g/mol. The third kappa shape index (κ3) is 4.26. The molecule has 29 heavy (non-hydrogen) atoms. The molecule has 8 nitrogen and oxygen atoms in total. The Labute approximate surface area is 169 Å². The summed E-state index contributed by atoms with van der Waals surface area (Å²) < 4.78 is 5.36. The molecular weight excluding hydrogens is 368 g/mol. The molecule has 4 rings (SSSR count). The Morgan fingerprint density at radius 1 is 0.966 bits per heavy atom. The number of benzene rings is 1. The molecule has 1 fully saturated rings. The Bertz CT molecular complexity index is 974. The molecule has 1 aliphatic heterocycles. The average Bonchev–Trinajstić information content (AvgIpc) is 2.80. The zero-order valence-corrected chi connectivity index (χ0v) is 16.2. The van der Waals surface area contributed by atoms with Gasteiger partial charge in [-0.2, -0.15) is 0 Å². The fourth-order valence-corrected chi connectivity index (χ4v) is 3.26. The van der Waals surface area contributed by atoms with Crippen LogP contribution in [0.5, 0.6) is 5.75 Å². The standard InChI is InChI=1S/C21H22N6O2/c1-29-18-6-3-2-5-17(18)25-19-15-16(7-10-22-19)20(28)26-11-13-27(14-12-26)21-23-8-4-9-24-21/h2-10,15H,11-14H2,1H3,(H,22,25). The molecule has 0 aliphatic carbocycles. The number of rotatable bonds is 5. The van der Waals surface area contributed by atoms with Crippen LogP contribution in [-0.4, -0.2) is 59.0 Å². The lowest BCUT2D eigenvalue weighted by molar-refractivity contribution is 0.0746. The van der Waals surface area contributed by atoms with E-state index in [9.17, 15) is 4.79 Å². The second-order valence-corrected chi connectivity index (χ2v) is 6.58. The Balaban J connectivity index is 1.43. The number of nitrogens with zero attached hydrogens (tertiary/aromatic N) is 5. The van der Waals surface area contributed by atoms with Gasteiger partial charge in [0, 0.05) is 50.3 Å². The predicted octanol–water partition coefficient (Wildman–Crippen LogP) is 2.59. The van der Waals surface area contributed by atoms with Gasteiger partial charge in [-0.05, 0) is 30.3 Å². The van der Waals surface area contributed by atoms with Crippen LogP contribution < -0.4 is 15.0 Å². The molecule has 1 amide bonds. The summed E-state index contributed by atoms with van der Waals surface area (Å²) in [4.78, 5) is 29.8. The van der Waals surface area contributed by atoms with Crippen LogP contribution in [0.15, 0.2) is 61.1 Å².